The van der Waals surface area contributed by atoms with Gasteiger partial charge in [-0.2, -0.15) is 8.42 Å². The van der Waals surface area contributed by atoms with Crippen LogP contribution in [0.25, 0.3) is 0 Å². The van der Waals surface area contributed by atoms with E-state index in [4.69, 9.17) is 26.6 Å². The summed E-state index contributed by atoms with van der Waals surface area (Å²) >= 11 is -5.22. The minimum Gasteiger partial charge on any atom is -1.00 e. The molecule has 0 unspecified atom stereocenters. The number of rotatable bonds is 0. The van der Waals surface area contributed by atoms with Crippen LogP contribution in [-0.4, -0.2) is 26.6 Å². The molecule has 0 saturated heterocycles. The predicted molar refractivity (Wildman–Crippen MR) is 31.2 cm³/mol. The first-order valence-corrected chi connectivity index (χ1v) is 3.19. The molecule has 0 aromatic heterocycles. The van der Waals surface area contributed by atoms with Crippen LogP contribution in [0.1, 0.15) is 5.71 Å². The molecule has 0 saturated carbocycles. The van der Waals surface area contributed by atoms with Crippen LogP contribution in [0, 0.1) is 0 Å². The second-order valence-corrected chi connectivity index (χ2v) is 1.38. The maximum absolute atomic E-state index is 8.67. The molecule has 0 bridgehead atoms. The quantitative estimate of drug-likeness (QED) is 0.254. The molecule has 0 aliphatic carbocycles. The Labute approximate surface area is 170 Å². The fourth-order valence-corrected chi connectivity index (χ4v) is 0. The van der Waals surface area contributed by atoms with Crippen LogP contribution in [0.3, 0.4) is 0 Å². The number of hydrogen-bond acceptors (Lipinski definition) is 2. The Bertz CT molecular complexity index is 88.5. The Kier molecular flexibility index (Phi) is 88.3. The molecule has 4 N–H and O–H groups in total. The average molecular weight is 260 g/mol. The largest absolute Gasteiger partial charge is 1.00 e. The molecule has 6 nitrogen and oxygen atoms in total. The van der Waals surface area contributed by atoms with Gasteiger partial charge in [0.15, 0.2) is 0 Å². The summed E-state index contributed by atoms with van der Waals surface area (Å²) in [6.45, 7) is 0. The fraction of sp³-hybridized carbons (Fsp3) is 0. The van der Waals surface area contributed by atoms with E-state index < -0.39 is 22.7 Å². The van der Waals surface area contributed by atoms with Crippen LogP contribution < -0.4 is 118 Å². The topological polar surface area (TPSA) is 115 Å². The SMILES string of the molecule is O=S(O)O.O=S(O)O.[H-].[H-].[H-].[H-].[Na+].[Na+].[Na+].[Na+]. The minimum atomic E-state index is -2.61. The van der Waals surface area contributed by atoms with E-state index in [0.29, 0.717) is 0 Å². The summed E-state index contributed by atoms with van der Waals surface area (Å²) in [5, 5.41) is 0. The Morgan fingerprint density at radius 1 is 0.667 bits per heavy atom. The molecule has 0 atom stereocenters. The van der Waals surface area contributed by atoms with E-state index in [2.05, 4.69) is 0 Å². The van der Waals surface area contributed by atoms with Crippen molar-refractivity contribution in [2.75, 3.05) is 0 Å². The molecule has 0 rings (SSSR count). The third-order valence-electron chi connectivity index (χ3n) is 0. The summed E-state index contributed by atoms with van der Waals surface area (Å²) in [5.41, 5.74) is 0. The smallest absolute Gasteiger partial charge is 1.00 e. The molecule has 0 aliphatic heterocycles. The van der Waals surface area contributed by atoms with Gasteiger partial charge < -0.3 is 5.71 Å². The third kappa shape index (κ3) is 142. The van der Waals surface area contributed by atoms with Crippen molar-refractivity contribution in [2.24, 2.45) is 0 Å². The molecular weight excluding hydrogens is 252 g/mol. The van der Waals surface area contributed by atoms with E-state index in [1.54, 1.807) is 0 Å². The van der Waals surface area contributed by atoms with Gasteiger partial charge in [-0.1, -0.05) is 0 Å². The zero-order chi connectivity index (χ0) is 7.15. The zero-order valence-electron chi connectivity index (χ0n) is 11.4. The summed E-state index contributed by atoms with van der Waals surface area (Å²) in [6.07, 6.45) is 0. The standard InChI is InChI=1S/4Na.2H2O3S.4H/c;;;;2*1-4(2)3;;;;/h;;;;2*(H2,1,2,3);;;;/q4*+1;;;4*-1. The van der Waals surface area contributed by atoms with Crippen LogP contribution in [-0.2, 0) is 22.7 Å². The second kappa shape index (κ2) is 29.4. The van der Waals surface area contributed by atoms with Crippen molar-refractivity contribution < 1.29 is 151 Å². The van der Waals surface area contributed by atoms with Crippen molar-refractivity contribution in [2.45, 2.75) is 0 Å². The summed E-state index contributed by atoms with van der Waals surface area (Å²) in [5.74, 6) is 0. The summed E-state index contributed by atoms with van der Waals surface area (Å²) in [7, 11) is 0. The van der Waals surface area contributed by atoms with Gasteiger partial charge in [-0.25, -0.2) is 0 Å². The normalized spacial score (nSPS) is 5.83. The summed E-state index contributed by atoms with van der Waals surface area (Å²) < 4.78 is 45.7. The van der Waals surface area contributed by atoms with Gasteiger partial charge in [0.1, 0.15) is 0 Å². The molecule has 0 aromatic carbocycles. The molecule has 0 aliphatic rings. The van der Waals surface area contributed by atoms with Gasteiger partial charge in [-0.15, -0.1) is 0 Å². The Balaban J connectivity index is -0.00000000375. The van der Waals surface area contributed by atoms with Gasteiger partial charge in [0.25, 0.3) is 22.7 Å². The van der Waals surface area contributed by atoms with Crippen LogP contribution in [0.5, 0.6) is 0 Å². The molecule has 0 spiro atoms. The van der Waals surface area contributed by atoms with E-state index in [1.165, 1.54) is 0 Å². The molecule has 60 valence electrons. The van der Waals surface area contributed by atoms with Crippen LogP contribution in [0.15, 0.2) is 0 Å². The second-order valence-electron chi connectivity index (χ2n) is 0.461. The minimum absolute atomic E-state index is 0. The van der Waals surface area contributed by atoms with Crippen LogP contribution >= 0.6 is 0 Å². The summed E-state index contributed by atoms with van der Waals surface area (Å²) in [4.78, 5) is 0. The van der Waals surface area contributed by atoms with Crippen molar-refractivity contribution in [3.8, 4) is 0 Å². The Hall–Kier alpha value is 4.14. The molecule has 12 heteroatoms. The van der Waals surface area contributed by atoms with Crippen molar-refractivity contribution in [3.05, 3.63) is 0 Å². The maximum atomic E-state index is 8.67. The molecule has 0 amide bonds. The van der Waals surface area contributed by atoms with Crippen molar-refractivity contribution in [3.63, 3.8) is 0 Å². The van der Waals surface area contributed by atoms with Gasteiger partial charge >= 0.3 is 118 Å². The van der Waals surface area contributed by atoms with Crippen LogP contribution in [0.2, 0.25) is 0 Å². The molecule has 0 aromatic rings. The van der Waals surface area contributed by atoms with Gasteiger partial charge in [0.2, 0.25) is 0 Å². The van der Waals surface area contributed by atoms with E-state index >= 15 is 0 Å². The van der Waals surface area contributed by atoms with Crippen molar-refractivity contribution in [1.29, 1.82) is 0 Å². The Morgan fingerprint density at radius 3 is 0.667 bits per heavy atom. The van der Waals surface area contributed by atoms with E-state index in [0.717, 1.165) is 0 Å². The fourth-order valence-electron chi connectivity index (χ4n) is 0. The molecule has 0 radical (unpaired) electrons. The van der Waals surface area contributed by atoms with Crippen molar-refractivity contribution >= 4 is 22.7 Å². The van der Waals surface area contributed by atoms with Gasteiger partial charge in [-0.05, 0) is 0 Å². The first-order chi connectivity index (χ1) is 3.46. The van der Waals surface area contributed by atoms with Gasteiger partial charge in [0.05, 0.1) is 0 Å². The predicted octanol–water partition coefficient (Wildman–Crippen LogP) is -12.2. The van der Waals surface area contributed by atoms with E-state index in [1.807, 2.05) is 0 Å². The summed E-state index contributed by atoms with van der Waals surface area (Å²) in [6, 6.07) is 0. The number of hydrogen-bond donors (Lipinski definition) is 4. The van der Waals surface area contributed by atoms with E-state index in [-0.39, 0.29) is 124 Å². The monoisotopic (exact) mass is 260 g/mol. The molecular formula is H8Na4O6S2. The zero-order valence-corrected chi connectivity index (χ0v) is 17.1. The first kappa shape index (κ1) is 36.0. The Morgan fingerprint density at radius 2 is 0.667 bits per heavy atom. The van der Waals surface area contributed by atoms with Crippen molar-refractivity contribution in [1.82, 2.24) is 0 Å². The van der Waals surface area contributed by atoms with Gasteiger partial charge in [-0.3, -0.25) is 18.2 Å². The average Bonchev–Trinajstić information content (AvgIpc) is 1.25. The third-order valence-corrected chi connectivity index (χ3v) is 0. The molecule has 0 heterocycles. The molecule has 0 fully saturated rings. The first-order valence-electron chi connectivity index (χ1n) is 1.06. The van der Waals surface area contributed by atoms with Gasteiger partial charge in [0, 0.05) is 0 Å². The van der Waals surface area contributed by atoms with Crippen LogP contribution in [0.4, 0.5) is 0 Å². The van der Waals surface area contributed by atoms with E-state index in [9.17, 15) is 0 Å². The maximum Gasteiger partial charge on any atom is 1.00 e. The molecule has 12 heavy (non-hydrogen) atoms.